The fraction of sp³-hybridized carbons (Fsp3) is 0.211. The summed E-state index contributed by atoms with van der Waals surface area (Å²) in [6, 6.07) is 8.32. The number of aryl methyl sites for hydroxylation is 2. The molecule has 0 atom stereocenters. The van der Waals surface area contributed by atoms with Gasteiger partial charge in [-0.2, -0.15) is 23.0 Å². The van der Waals surface area contributed by atoms with Crippen molar-refractivity contribution in [3.63, 3.8) is 0 Å². The summed E-state index contributed by atoms with van der Waals surface area (Å²) in [4.78, 5) is 24.1. The van der Waals surface area contributed by atoms with Crippen molar-refractivity contribution in [2.24, 2.45) is 0 Å². The molecule has 0 fully saturated rings. The van der Waals surface area contributed by atoms with E-state index < -0.39 is 23.2 Å². The van der Waals surface area contributed by atoms with E-state index in [1.807, 2.05) is 0 Å². The second-order valence-electron chi connectivity index (χ2n) is 5.89. The Kier molecular flexibility index (Phi) is 4.39. The lowest BCUT2D eigenvalue weighted by atomic mass is 9.98. The number of aldehydes is 1. The first-order valence-corrected chi connectivity index (χ1v) is 7.96. The van der Waals surface area contributed by atoms with Crippen LogP contribution in [0.2, 0.25) is 0 Å². The number of alkyl halides is 3. The molecular formula is C19H15F3N2O2. The molecule has 1 heterocycles. The molecule has 0 N–H and O–H groups in total. The Hall–Kier alpha value is -2.96. The van der Waals surface area contributed by atoms with Gasteiger partial charge in [-0.3, -0.25) is 9.59 Å². The summed E-state index contributed by atoms with van der Waals surface area (Å²) in [5.74, 6) is -0.865. The van der Waals surface area contributed by atoms with E-state index in [2.05, 4.69) is 5.10 Å². The molecule has 3 aromatic rings. The number of rotatable bonds is 3. The molecule has 0 aliphatic carbocycles. The molecule has 3 rings (SSSR count). The van der Waals surface area contributed by atoms with Crippen LogP contribution in [0.5, 0.6) is 0 Å². The van der Waals surface area contributed by atoms with E-state index in [0.717, 1.165) is 10.7 Å². The van der Waals surface area contributed by atoms with E-state index in [1.165, 1.54) is 18.2 Å². The van der Waals surface area contributed by atoms with Crippen LogP contribution < -0.4 is 0 Å². The maximum absolute atomic E-state index is 13.5. The number of carbonyl (C=O) groups is 2. The van der Waals surface area contributed by atoms with Crippen LogP contribution >= 0.6 is 0 Å². The Labute approximate surface area is 147 Å². The fourth-order valence-electron chi connectivity index (χ4n) is 3.01. The van der Waals surface area contributed by atoms with Gasteiger partial charge in [-0.1, -0.05) is 31.2 Å². The number of halogens is 3. The maximum atomic E-state index is 13.5. The Morgan fingerprint density at radius 3 is 2.58 bits per heavy atom. The van der Waals surface area contributed by atoms with E-state index in [9.17, 15) is 22.8 Å². The summed E-state index contributed by atoms with van der Waals surface area (Å²) in [6.45, 7) is 3.34. The highest BCUT2D eigenvalue weighted by molar-refractivity contribution is 6.04. The molecule has 0 radical (unpaired) electrons. The van der Waals surface area contributed by atoms with Gasteiger partial charge in [-0.25, -0.2) is 0 Å². The van der Waals surface area contributed by atoms with Crippen molar-refractivity contribution in [3.8, 4) is 0 Å². The molecule has 0 spiro atoms. The number of aromatic nitrogens is 2. The van der Waals surface area contributed by atoms with Crippen molar-refractivity contribution in [2.45, 2.75) is 26.4 Å². The third kappa shape index (κ3) is 2.89. The van der Waals surface area contributed by atoms with E-state index in [1.54, 1.807) is 26.0 Å². The molecule has 1 aromatic heterocycles. The molecule has 134 valence electrons. The number of hydrogen-bond acceptors (Lipinski definition) is 3. The van der Waals surface area contributed by atoms with Crippen LogP contribution in [0.1, 0.15) is 44.5 Å². The van der Waals surface area contributed by atoms with Gasteiger partial charge in [-0.05, 0) is 31.0 Å². The highest BCUT2D eigenvalue weighted by atomic mass is 19.4. The lowest BCUT2D eigenvalue weighted by Crippen LogP contribution is -2.21. The monoisotopic (exact) mass is 360 g/mol. The number of benzene rings is 2. The Bertz CT molecular complexity index is 1020. The van der Waals surface area contributed by atoms with Gasteiger partial charge in [0, 0.05) is 10.9 Å². The van der Waals surface area contributed by atoms with E-state index in [0.29, 0.717) is 28.4 Å². The van der Waals surface area contributed by atoms with E-state index >= 15 is 0 Å². The van der Waals surface area contributed by atoms with Crippen LogP contribution in [0.25, 0.3) is 10.9 Å². The van der Waals surface area contributed by atoms with Crippen LogP contribution in [0.4, 0.5) is 13.2 Å². The second kappa shape index (κ2) is 6.40. The summed E-state index contributed by atoms with van der Waals surface area (Å²) in [5.41, 5.74) is -0.00786. The third-order valence-electron chi connectivity index (χ3n) is 4.27. The first kappa shape index (κ1) is 17.8. The molecule has 0 aliphatic rings. The van der Waals surface area contributed by atoms with Crippen molar-refractivity contribution >= 4 is 23.1 Å². The van der Waals surface area contributed by atoms with Gasteiger partial charge in [0.15, 0.2) is 0 Å². The van der Waals surface area contributed by atoms with Gasteiger partial charge in [0.1, 0.15) is 6.29 Å². The predicted molar refractivity (Wildman–Crippen MR) is 90.4 cm³/mol. The molecule has 0 amide bonds. The zero-order valence-corrected chi connectivity index (χ0v) is 14.1. The van der Waals surface area contributed by atoms with Gasteiger partial charge in [0.05, 0.1) is 22.3 Å². The summed E-state index contributed by atoms with van der Waals surface area (Å²) >= 11 is 0. The first-order valence-electron chi connectivity index (χ1n) is 7.96. The standard InChI is InChI=1S/C19H15F3N2O2/c1-3-13-5-4-6-15(19(20,21)22)17(13)18(26)24-16-9-12(10-25)7-8-14(16)11(2)23-24/h4-10H,3H2,1-2H3. The normalized spacial score (nSPS) is 11.7. The van der Waals surface area contributed by atoms with Crippen molar-refractivity contribution < 1.29 is 22.8 Å². The minimum absolute atomic E-state index is 0.267. The van der Waals surface area contributed by atoms with Crippen LogP contribution in [0, 0.1) is 6.92 Å². The summed E-state index contributed by atoms with van der Waals surface area (Å²) in [5, 5.41) is 4.73. The summed E-state index contributed by atoms with van der Waals surface area (Å²) in [7, 11) is 0. The zero-order chi connectivity index (χ0) is 19.1. The van der Waals surface area contributed by atoms with Crippen molar-refractivity contribution in [1.82, 2.24) is 9.78 Å². The molecule has 0 aliphatic heterocycles. The largest absolute Gasteiger partial charge is 0.417 e. The van der Waals surface area contributed by atoms with Crippen LogP contribution in [-0.4, -0.2) is 22.0 Å². The van der Waals surface area contributed by atoms with Gasteiger partial charge < -0.3 is 0 Å². The topological polar surface area (TPSA) is 52.0 Å². The number of carbonyl (C=O) groups excluding carboxylic acids is 2. The Morgan fingerprint density at radius 2 is 1.96 bits per heavy atom. The lowest BCUT2D eigenvalue weighted by Gasteiger charge is -2.15. The maximum Gasteiger partial charge on any atom is 0.417 e. The SMILES string of the molecule is CCc1cccc(C(F)(F)F)c1C(=O)n1nc(C)c2ccc(C=O)cc21. The second-order valence-corrected chi connectivity index (χ2v) is 5.89. The van der Waals surface area contributed by atoms with Gasteiger partial charge in [-0.15, -0.1) is 0 Å². The van der Waals surface area contributed by atoms with Crippen molar-refractivity contribution in [1.29, 1.82) is 0 Å². The molecule has 0 unspecified atom stereocenters. The van der Waals surface area contributed by atoms with Crippen molar-refractivity contribution in [3.05, 3.63) is 64.3 Å². The molecule has 0 bridgehead atoms. The van der Waals surface area contributed by atoms with E-state index in [4.69, 9.17) is 0 Å². The third-order valence-corrected chi connectivity index (χ3v) is 4.27. The average molecular weight is 360 g/mol. The zero-order valence-electron chi connectivity index (χ0n) is 14.1. The highest BCUT2D eigenvalue weighted by Gasteiger charge is 2.37. The molecule has 26 heavy (non-hydrogen) atoms. The number of nitrogens with zero attached hydrogens (tertiary/aromatic N) is 2. The van der Waals surface area contributed by atoms with Gasteiger partial charge in [0.25, 0.3) is 5.91 Å². The molecule has 4 nitrogen and oxygen atoms in total. The summed E-state index contributed by atoms with van der Waals surface area (Å²) < 4.78 is 41.3. The van der Waals surface area contributed by atoms with Crippen LogP contribution in [0.15, 0.2) is 36.4 Å². The summed E-state index contributed by atoms with van der Waals surface area (Å²) in [6.07, 6.45) is -3.79. The lowest BCUT2D eigenvalue weighted by molar-refractivity contribution is -0.138. The molecule has 7 heteroatoms. The smallest absolute Gasteiger partial charge is 0.298 e. The first-order chi connectivity index (χ1) is 12.3. The minimum atomic E-state index is -4.66. The molecule has 0 saturated heterocycles. The molecule has 0 saturated carbocycles. The van der Waals surface area contributed by atoms with Crippen molar-refractivity contribution in [2.75, 3.05) is 0 Å². The van der Waals surface area contributed by atoms with Crippen LogP contribution in [0.3, 0.4) is 0 Å². The Balaban J connectivity index is 2.29. The minimum Gasteiger partial charge on any atom is -0.298 e. The van der Waals surface area contributed by atoms with Crippen LogP contribution in [-0.2, 0) is 12.6 Å². The Morgan fingerprint density at radius 1 is 1.23 bits per heavy atom. The quantitative estimate of drug-likeness (QED) is 0.650. The predicted octanol–water partition coefficient (Wildman–Crippen LogP) is 4.43. The van der Waals surface area contributed by atoms with Gasteiger partial charge >= 0.3 is 6.18 Å². The average Bonchev–Trinajstić information content (AvgIpc) is 2.95. The molecule has 2 aromatic carbocycles. The fourth-order valence-corrected chi connectivity index (χ4v) is 3.01. The number of hydrogen-bond donors (Lipinski definition) is 0. The molecular weight excluding hydrogens is 345 g/mol. The van der Waals surface area contributed by atoms with Gasteiger partial charge in [0.2, 0.25) is 0 Å². The number of fused-ring (bicyclic) bond motifs is 1. The highest BCUT2D eigenvalue weighted by Crippen LogP contribution is 2.34. The van der Waals surface area contributed by atoms with E-state index in [-0.39, 0.29) is 12.0 Å².